The molecule has 35 heavy (non-hydrogen) atoms. The van der Waals surface area contributed by atoms with Crippen LogP contribution >= 0.6 is 22.6 Å². The zero-order valence-corrected chi connectivity index (χ0v) is 21.3. The Labute approximate surface area is 215 Å². The minimum Gasteiger partial charge on any atom is -0.385 e. The molecule has 1 atom stereocenters. The van der Waals surface area contributed by atoms with Gasteiger partial charge in [0.1, 0.15) is 11.4 Å². The van der Waals surface area contributed by atoms with Gasteiger partial charge in [0, 0.05) is 16.3 Å². The molecule has 0 radical (unpaired) electrons. The van der Waals surface area contributed by atoms with E-state index in [1.807, 2.05) is 28.8 Å². The molecule has 2 aromatic carbocycles. The van der Waals surface area contributed by atoms with Crippen LogP contribution in [0.1, 0.15) is 30.1 Å². The van der Waals surface area contributed by atoms with E-state index in [0.717, 1.165) is 30.5 Å². The number of likely N-dealkylation sites (tertiary alicyclic amines) is 1. The van der Waals surface area contributed by atoms with Gasteiger partial charge in [-0.15, -0.1) is 0 Å². The molecule has 6 nitrogen and oxygen atoms in total. The summed E-state index contributed by atoms with van der Waals surface area (Å²) in [6.07, 6.45) is 5.75. The molecule has 4 rings (SSSR count). The second-order valence-electron chi connectivity index (χ2n) is 8.99. The zero-order valence-electron chi connectivity index (χ0n) is 19.1. The molecular formula is C25H26F3IN4O2. The number of carbonyl (C=O) groups excluding carboxylic acids is 1. The first kappa shape index (κ1) is 25.6. The lowest BCUT2D eigenvalue weighted by Crippen LogP contribution is -2.67. The fourth-order valence-corrected chi connectivity index (χ4v) is 4.50. The van der Waals surface area contributed by atoms with Crippen molar-refractivity contribution < 1.29 is 23.1 Å². The molecule has 2 aromatic rings. The highest BCUT2D eigenvalue weighted by Gasteiger charge is 2.44. The summed E-state index contributed by atoms with van der Waals surface area (Å²) in [6, 6.07) is 6.55. The molecule has 0 aromatic heterocycles. The van der Waals surface area contributed by atoms with Gasteiger partial charge in [0.2, 0.25) is 0 Å². The first-order valence-corrected chi connectivity index (χ1v) is 12.4. The second kappa shape index (κ2) is 10.7. The van der Waals surface area contributed by atoms with Crippen LogP contribution in [0.15, 0.2) is 47.0 Å². The third-order valence-electron chi connectivity index (χ3n) is 6.03. The van der Waals surface area contributed by atoms with Crippen molar-refractivity contribution in [3.63, 3.8) is 0 Å². The second-order valence-corrected chi connectivity index (χ2v) is 10.2. The summed E-state index contributed by atoms with van der Waals surface area (Å²) in [5.74, 6) is -3.68. The number of benzene rings is 2. The molecule has 1 amide bonds. The SMILES string of the molecule is CC1CC=C(CCNCC2(O)CN(C(=O)c3ccc(F)c(F)c3Nc3ccc(I)cc3F)C2)C=N1. The summed E-state index contributed by atoms with van der Waals surface area (Å²) in [6.45, 7) is 3.07. The number of hydrogen-bond acceptors (Lipinski definition) is 5. The Morgan fingerprint density at radius 1 is 1.23 bits per heavy atom. The van der Waals surface area contributed by atoms with Crippen molar-refractivity contribution in [1.29, 1.82) is 0 Å². The predicted molar refractivity (Wildman–Crippen MR) is 138 cm³/mol. The number of β-amino-alcohol motifs (C(OH)–C–C–N with tert-alkyl or cyclic N) is 1. The monoisotopic (exact) mass is 598 g/mol. The molecule has 3 N–H and O–H groups in total. The van der Waals surface area contributed by atoms with Gasteiger partial charge in [0.15, 0.2) is 11.6 Å². The number of halogens is 4. The number of hydrogen-bond donors (Lipinski definition) is 3. The van der Waals surface area contributed by atoms with Crippen LogP contribution in [0.25, 0.3) is 0 Å². The average Bonchev–Trinajstić information content (AvgIpc) is 2.80. The standard InChI is InChI=1S/C25H26F3IN4O2/c1-15-2-3-16(11-31-15)8-9-30-12-25(35)13-33(14-25)24(34)18-5-6-19(26)22(28)23(18)32-21-7-4-17(29)10-20(21)27/h3-7,10-11,15,30,32,35H,2,8-9,12-14H2,1H3. The predicted octanol–water partition coefficient (Wildman–Crippen LogP) is 4.41. The number of anilines is 2. The smallest absolute Gasteiger partial charge is 0.256 e. The van der Waals surface area contributed by atoms with Crippen LogP contribution in [0, 0.1) is 21.0 Å². The summed E-state index contributed by atoms with van der Waals surface area (Å²) in [7, 11) is 0. The van der Waals surface area contributed by atoms with Gasteiger partial charge in [-0.1, -0.05) is 6.08 Å². The summed E-state index contributed by atoms with van der Waals surface area (Å²) < 4.78 is 43.5. The number of aliphatic imine (C=N–C) groups is 1. The highest BCUT2D eigenvalue weighted by Crippen LogP contribution is 2.31. The van der Waals surface area contributed by atoms with Crippen molar-refractivity contribution in [1.82, 2.24) is 10.2 Å². The van der Waals surface area contributed by atoms with Crippen molar-refractivity contribution >= 4 is 46.1 Å². The molecule has 0 aliphatic carbocycles. The number of amides is 1. The topological polar surface area (TPSA) is 77.0 Å². The van der Waals surface area contributed by atoms with Gasteiger partial charge in [-0.25, -0.2) is 13.2 Å². The van der Waals surface area contributed by atoms with Crippen LogP contribution < -0.4 is 10.6 Å². The fourth-order valence-electron chi connectivity index (χ4n) is 4.05. The van der Waals surface area contributed by atoms with E-state index in [-0.39, 0.29) is 30.9 Å². The molecule has 0 bridgehead atoms. The van der Waals surface area contributed by atoms with E-state index in [1.165, 1.54) is 17.0 Å². The van der Waals surface area contributed by atoms with Gasteiger partial charge < -0.3 is 20.6 Å². The zero-order chi connectivity index (χ0) is 25.2. The molecule has 2 heterocycles. The van der Waals surface area contributed by atoms with E-state index >= 15 is 0 Å². The third kappa shape index (κ3) is 6.04. The van der Waals surface area contributed by atoms with Crippen LogP contribution in [-0.2, 0) is 0 Å². The van der Waals surface area contributed by atoms with Gasteiger partial charge in [-0.2, -0.15) is 0 Å². The Bertz CT molecular complexity index is 1180. The Morgan fingerprint density at radius 2 is 2.00 bits per heavy atom. The lowest BCUT2D eigenvalue weighted by Gasteiger charge is -2.46. The normalized spacial score (nSPS) is 18.7. The first-order valence-electron chi connectivity index (χ1n) is 11.3. The van der Waals surface area contributed by atoms with Crippen LogP contribution in [0.3, 0.4) is 0 Å². The van der Waals surface area contributed by atoms with Gasteiger partial charge in [-0.3, -0.25) is 9.79 Å². The van der Waals surface area contributed by atoms with Crippen molar-refractivity contribution in [3.8, 4) is 0 Å². The molecule has 2 aliphatic heterocycles. The summed E-state index contributed by atoms with van der Waals surface area (Å²) in [5.41, 5.74) is -0.639. The van der Waals surface area contributed by atoms with Gasteiger partial charge in [0.05, 0.1) is 36.1 Å². The molecule has 0 saturated carbocycles. The highest BCUT2D eigenvalue weighted by molar-refractivity contribution is 14.1. The molecule has 2 aliphatic rings. The van der Waals surface area contributed by atoms with Gasteiger partial charge in [0.25, 0.3) is 5.91 Å². The Morgan fingerprint density at radius 3 is 2.69 bits per heavy atom. The number of nitrogens with one attached hydrogen (secondary N) is 2. The van der Waals surface area contributed by atoms with E-state index in [4.69, 9.17) is 0 Å². The number of rotatable bonds is 8. The van der Waals surface area contributed by atoms with Crippen molar-refractivity contribution in [2.45, 2.75) is 31.4 Å². The number of carbonyl (C=O) groups is 1. The molecule has 186 valence electrons. The number of nitrogens with zero attached hydrogens (tertiary/aromatic N) is 2. The van der Waals surface area contributed by atoms with Crippen LogP contribution in [-0.4, -0.2) is 60.0 Å². The van der Waals surface area contributed by atoms with Crippen molar-refractivity contribution in [3.05, 3.63) is 68.6 Å². The lowest BCUT2D eigenvalue weighted by molar-refractivity contribution is -0.0783. The van der Waals surface area contributed by atoms with E-state index in [2.05, 4.69) is 28.6 Å². The van der Waals surface area contributed by atoms with Gasteiger partial charge in [-0.05, 0) is 84.8 Å². The van der Waals surface area contributed by atoms with Crippen LogP contribution in [0.4, 0.5) is 24.5 Å². The van der Waals surface area contributed by atoms with Gasteiger partial charge >= 0.3 is 0 Å². The molecular weight excluding hydrogens is 572 g/mol. The fraction of sp³-hybridized carbons (Fsp3) is 0.360. The van der Waals surface area contributed by atoms with E-state index in [1.54, 1.807) is 6.07 Å². The number of aliphatic hydroxyl groups is 1. The Hall–Kier alpha value is -2.44. The minimum atomic E-state index is -1.28. The summed E-state index contributed by atoms with van der Waals surface area (Å²) >= 11 is 1.93. The number of dihydropyridines is 1. The van der Waals surface area contributed by atoms with Crippen molar-refractivity contribution in [2.75, 3.05) is 31.5 Å². The van der Waals surface area contributed by atoms with Crippen LogP contribution in [0.5, 0.6) is 0 Å². The summed E-state index contributed by atoms with van der Waals surface area (Å²) in [5, 5.41) is 16.4. The Kier molecular flexibility index (Phi) is 7.82. The molecule has 10 heteroatoms. The summed E-state index contributed by atoms with van der Waals surface area (Å²) in [4.78, 5) is 18.8. The van der Waals surface area contributed by atoms with E-state index in [9.17, 15) is 23.1 Å². The maximum atomic E-state index is 14.6. The third-order valence-corrected chi connectivity index (χ3v) is 6.71. The Balaban J connectivity index is 1.37. The lowest BCUT2D eigenvalue weighted by atomic mass is 9.92. The molecule has 1 saturated heterocycles. The molecule has 1 fully saturated rings. The van der Waals surface area contributed by atoms with Crippen LogP contribution in [0.2, 0.25) is 0 Å². The minimum absolute atomic E-state index is 0.0385. The first-order chi connectivity index (χ1) is 16.6. The highest BCUT2D eigenvalue weighted by atomic mass is 127. The van der Waals surface area contributed by atoms with Crippen molar-refractivity contribution in [2.24, 2.45) is 4.99 Å². The van der Waals surface area contributed by atoms with E-state index in [0.29, 0.717) is 16.2 Å². The maximum Gasteiger partial charge on any atom is 0.256 e. The average molecular weight is 598 g/mol. The molecule has 1 unspecified atom stereocenters. The van der Waals surface area contributed by atoms with E-state index < -0.39 is 34.6 Å². The molecule has 0 spiro atoms. The maximum absolute atomic E-state index is 14.6. The quantitative estimate of drug-likeness (QED) is 0.311. The largest absolute Gasteiger partial charge is 0.385 e.